The van der Waals surface area contributed by atoms with Crippen molar-refractivity contribution in [1.82, 2.24) is 10.2 Å². The Kier molecular flexibility index (Phi) is 8.83. The van der Waals surface area contributed by atoms with Gasteiger partial charge in [-0.3, -0.25) is 14.5 Å². The van der Waals surface area contributed by atoms with Crippen LogP contribution >= 0.6 is 11.6 Å². The number of dihydropyridines is 1. The predicted molar refractivity (Wildman–Crippen MR) is 143 cm³/mol. The molecule has 4 rings (SSSR count). The van der Waals surface area contributed by atoms with Crippen molar-refractivity contribution in [3.63, 3.8) is 0 Å². The van der Waals surface area contributed by atoms with Gasteiger partial charge in [0.25, 0.3) is 11.8 Å². The number of carbonyl (C=O) groups excluding carboxylic acids is 4. The van der Waals surface area contributed by atoms with Gasteiger partial charge in [0.15, 0.2) is 0 Å². The lowest BCUT2D eigenvalue weighted by molar-refractivity contribution is -0.139. The molecule has 0 fully saturated rings. The van der Waals surface area contributed by atoms with Gasteiger partial charge in [-0.2, -0.15) is 0 Å². The zero-order valence-corrected chi connectivity index (χ0v) is 22.7. The van der Waals surface area contributed by atoms with Crippen LogP contribution in [0.15, 0.2) is 71.1 Å². The number of hydrogen-bond donors (Lipinski definition) is 1. The fraction of sp³-hybridized carbons (Fsp3) is 0.310. The monoisotopic (exact) mass is 552 g/mol. The van der Waals surface area contributed by atoms with Gasteiger partial charge >= 0.3 is 11.9 Å². The van der Waals surface area contributed by atoms with E-state index in [1.807, 2.05) is 0 Å². The summed E-state index contributed by atoms with van der Waals surface area (Å²) >= 11 is 6.54. The first-order valence-electron chi connectivity index (χ1n) is 12.6. The van der Waals surface area contributed by atoms with Crippen LogP contribution in [0.5, 0.6) is 0 Å². The Bertz CT molecular complexity index is 1350. The molecule has 2 aromatic carbocycles. The summed E-state index contributed by atoms with van der Waals surface area (Å²) in [5.41, 5.74) is 2.52. The summed E-state index contributed by atoms with van der Waals surface area (Å²) in [7, 11) is 0. The topological polar surface area (TPSA) is 111 Å². The Morgan fingerprint density at radius 1 is 0.897 bits per heavy atom. The minimum Gasteiger partial charge on any atom is -0.463 e. The zero-order valence-electron chi connectivity index (χ0n) is 21.9. The number of nitrogens with zero attached hydrogens (tertiary/aromatic N) is 1. The van der Waals surface area contributed by atoms with Crippen molar-refractivity contribution < 1.29 is 33.4 Å². The van der Waals surface area contributed by atoms with Crippen LogP contribution in [0, 0.1) is 0 Å². The van der Waals surface area contributed by atoms with E-state index in [1.165, 1.54) is 0 Å². The maximum atomic E-state index is 13.3. The third-order valence-electron chi connectivity index (χ3n) is 6.44. The molecule has 0 saturated carbocycles. The Hall–Kier alpha value is -3.95. The van der Waals surface area contributed by atoms with Gasteiger partial charge in [0.05, 0.1) is 66.9 Å². The van der Waals surface area contributed by atoms with E-state index in [0.717, 1.165) is 4.90 Å². The van der Waals surface area contributed by atoms with Gasteiger partial charge in [0, 0.05) is 10.7 Å². The molecule has 0 saturated heterocycles. The SMILES string of the molecule is CCOC(=O)C1=C(C)NC(COCCN2C(=O)c3ccccc3C2=O)=C(C(=O)OCC)C1c1ccccc1Cl. The van der Waals surface area contributed by atoms with Crippen molar-refractivity contribution >= 4 is 35.4 Å². The average Bonchev–Trinajstić information content (AvgIpc) is 3.16. The number of ether oxygens (including phenoxy) is 3. The van der Waals surface area contributed by atoms with Gasteiger partial charge in [-0.25, -0.2) is 9.59 Å². The van der Waals surface area contributed by atoms with E-state index < -0.39 is 17.9 Å². The number of benzene rings is 2. The first-order chi connectivity index (χ1) is 18.8. The van der Waals surface area contributed by atoms with Gasteiger partial charge in [0.2, 0.25) is 0 Å². The molecule has 10 heteroatoms. The maximum Gasteiger partial charge on any atom is 0.336 e. The summed E-state index contributed by atoms with van der Waals surface area (Å²) < 4.78 is 16.5. The quantitative estimate of drug-likeness (QED) is 0.267. The molecule has 1 N–H and O–H groups in total. The number of allylic oxidation sites excluding steroid dienone is 1. The van der Waals surface area contributed by atoms with E-state index in [-0.39, 0.29) is 55.9 Å². The van der Waals surface area contributed by atoms with E-state index >= 15 is 0 Å². The van der Waals surface area contributed by atoms with Crippen LogP contribution < -0.4 is 5.32 Å². The van der Waals surface area contributed by atoms with Gasteiger partial charge in [0.1, 0.15) is 0 Å². The molecular weight excluding hydrogens is 524 g/mol. The minimum atomic E-state index is -0.868. The molecule has 2 heterocycles. The Morgan fingerprint density at radius 2 is 1.46 bits per heavy atom. The predicted octanol–water partition coefficient (Wildman–Crippen LogP) is 3.99. The van der Waals surface area contributed by atoms with Crippen LogP contribution in [-0.2, 0) is 23.8 Å². The van der Waals surface area contributed by atoms with Crippen molar-refractivity contribution in [2.75, 3.05) is 33.0 Å². The Morgan fingerprint density at radius 3 is 2.05 bits per heavy atom. The van der Waals surface area contributed by atoms with Crippen LogP contribution in [-0.4, -0.2) is 61.6 Å². The normalized spacial score (nSPS) is 16.8. The molecule has 9 nitrogen and oxygen atoms in total. The highest BCUT2D eigenvalue weighted by atomic mass is 35.5. The summed E-state index contributed by atoms with van der Waals surface area (Å²) in [5.74, 6) is -2.84. The number of carbonyl (C=O) groups is 4. The average molecular weight is 553 g/mol. The number of hydrogen-bond acceptors (Lipinski definition) is 8. The molecule has 2 amide bonds. The lowest BCUT2D eigenvalue weighted by Crippen LogP contribution is -2.36. The molecule has 2 aliphatic heterocycles. The molecule has 0 aliphatic carbocycles. The summed E-state index contributed by atoms with van der Waals surface area (Å²) in [6.45, 7) is 5.33. The second-order valence-electron chi connectivity index (χ2n) is 8.81. The number of fused-ring (bicyclic) bond motifs is 1. The van der Waals surface area contributed by atoms with Crippen molar-refractivity contribution in [1.29, 1.82) is 0 Å². The van der Waals surface area contributed by atoms with Crippen LogP contribution in [0.25, 0.3) is 0 Å². The van der Waals surface area contributed by atoms with Crippen LogP contribution in [0.1, 0.15) is 53.0 Å². The van der Waals surface area contributed by atoms with E-state index in [9.17, 15) is 19.2 Å². The molecule has 0 radical (unpaired) electrons. The van der Waals surface area contributed by atoms with Crippen LogP contribution in [0.2, 0.25) is 5.02 Å². The summed E-state index contributed by atoms with van der Waals surface area (Å²) in [6.07, 6.45) is 0. The third kappa shape index (κ3) is 5.60. The summed E-state index contributed by atoms with van der Waals surface area (Å²) in [5, 5.41) is 3.48. The Balaban J connectivity index is 1.61. The third-order valence-corrected chi connectivity index (χ3v) is 6.78. The molecule has 1 atom stereocenters. The number of amides is 2. The smallest absolute Gasteiger partial charge is 0.336 e. The van der Waals surface area contributed by atoms with Crippen molar-refractivity contribution in [3.8, 4) is 0 Å². The molecular formula is C29H29ClN2O7. The number of nitrogens with one attached hydrogen (secondary N) is 1. The lowest BCUT2D eigenvalue weighted by Gasteiger charge is -2.32. The minimum absolute atomic E-state index is 0.0248. The number of halogens is 1. The molecule has 1 unspecified atom stereocenters. The highest BCUT2D eigenvalue weighted by Gasteiger charge is 2.40. The second-order valence-corrected chi connectivity index (χ2v) is 9.22. The molecule has 0 spiro atoms. The lowest BCUT2D eigenvalue weighted by atomic mass is 9.80. The van der Waals surface area contributed by atoms with Gasteiger partial charge < -0.3 is 19.5 Å². The van der Waals surface area contributed by atoms with Crippen molar-refractivity contribution in [2.45, 2.75) is 26.7 Å². The van der Waals surface area contributed by atoms with Gasteiger partial charge in [-0.15, -0.1) is 0 Å². The highest BCUT2D eigenvalue weighted by Crippen LogP contribution is 2.42. The molecule has 204 valence electrons. The molecule has 2 aromatic rings. The van der Waals surface area contributed by atoms with Crippen molar-refractivity contribution in [3.05, 3.63) is 92.8 Å². The molecule has 39 heavy (non-hydrogen) atoms. The van der Waals surface area contributed by atoms with Crippen molar-refractivity contribution in [2.24, 2.45) is 0 Å². The highest BCUT2D eigenvalue weighted by molar-refractivity contribution is 6.31. The van der Waals surface area contributed by atoms with E-state index in [4.69, 9.17) is 25.8 Å². The summed E-state index contributed by atoms with van der Waals surface area (Å²) in [6, 6.07) is 13.6. The Labute approximate surface area is 231 Å². The van der Waals surface area contributed by atoms with Crippen LogP contribution in [0.4, 0.5) is 0 Å². The fourth-order valence-electron chi connectivity index (χ4n) is 4.73. The zero-order chi connectivity index (χ0) is 28.1. The van der Waals surface area contributed by atoms with E-state index in [2.05, 4.69) is 5.32 Å². The summed E-state index contributed by atoms with van der Waals surface area (Å²) in [4.78, 5) is 52.8. The van der Waals surface area contributed by atoms with Gasteiger partial charge in [-0.05, 0) is 44.5 Å². The van der Waals surface area contributed by atoms with Gasteiger partial charge in [-0.1, -0.05) is 41.9 Å². The fourth-order valence-corrected chi connectivity index (χ4v) is 4.98. The van der Waals surface area contributed by atoms with E-state index in [0.29, 0.717) is 33.1 Å². The molecule has 0 aromatic heterocycles. The standard InChI is InChI=1S/C29H29ClN2O7/c1-4-38-28(35)23-17(3)31-22(25(29(36)39-5-2)24(23)20-12-8-9-13-21(20)30)16-37-15-14-32-26(33)18-10-6-7-11-19(18)27(32)34/h6-13,24,31H,4-5,14-16H2,1-3H3. The number of esters is 2. The first-order valence-corrected chi connectivity index (χ1v) is 13.0. The molecule has 2 aliphatic rings. The number of rotatable bonds is 10. The molecule has 0 bridgehead atoms. The van der Waals surface area contributed by atoms with E-state index in [1.54, 1.807) is 69.3 Å². The van der Waals surface area contributed by atoms with Crippen LogP contribution in [0.3, 0.4) is 0 Å². The largest absolute Gasteiger partial charge is 0.463 e. The maximum absolute atomic E-state index is 13.3. The second kappa shape index (κ2) is 12.3. The number of imide groups is 1. The first kappa shape index (κ1) is 28.1.